The Hall–Kier alpha value is -1.92. The molecule has 7 nitrogen and oxygen atoms in total. The number of carbonyl (C=O) groups excluding carboxylic acids is 2. The van der Waals surface area contributed by atoms with Crippen LogP contribution in [0.3, 0.4) is 0 Å². The van der Waals surface area contributed by atoms with E-state index >= 15 is 0 Å². The Kier molecular flexibility index (Phi) is 3.78. The van der Waals surface area contributed by atoms with Crippen molar-refractivity contribution >= 4 is 11.8 Å². The lowest BCUT2D eigenvalue weighted by molar-refractivity contribution is -0.120. The average molecular weight is 211 g/mol. The summed E-state index contributed by atoms with van der Waals surface area (Å²) in [6.45, 7) is 3.62. The highest BCUT2D eigenvalue weighted by atomic mass is 16.2. The smallest absolute Gasteiger partial charge is 0.289 e. The summed E-state index contributed by atoms with van der Waals surface area (Å²) >= 11 is 0. The van der Waals surface area contributed by atoms with Crippen LogP contribution in [-0.2, 0) is 4.79 Å². The van der Waals surface area contributed by atoms with Gasteiger partial charge in [-0.3, -0.25) is 14.7 Å². The second-order valence-electron chi connectivity index (χ2n) is 3.24. The molecule has 0 saturated carbocycles. The van der Waals surface area contributed by atoms with E-state index in [1.807, 2.05) is 13.8 Å². The molecule has 0 bridgehead atoms. The van der Waals surface area contributed by atoms with Crippen LogP contribution >= 0.6 is 0 Å². The number of nitrogens with one attached hydrogen (secondary N) is 3. The van der Waals surface area contributed by atoms with Crippen LogP contribution in [0.25, 0.3) is 0 Å². The molecular weight excluding hydrogens is 198 g/mol. The second-order valence-corrected chi connectivity index (χ2v) is 3.24. The molecule has 0 aliphatic carbocycles. The zero-order valence-electron chi connectivity index (χ0n) is 8.57. The van der Waals surface area contributed by atoms with Gasteiger partial charge in [0.2, 0.25) is 11.7 Å². The number of hydrogen-bond acceptors (Lipinski definition) is 4. The van der Waals surface area contributed by atoms with Crippen molar-refractivity contribution in [2.45, 2.75) is 19.9 Å². The Morgan fingerprint density at radius 3 is 2.80 bits per heavy atom. The molecule has 0 spiro atoms. The molecule has 1 rings (SSSR count). The van der Waals surface area contributed by atoms with E-state index in [1.54, 1.807) is 0 Å². The van der Waals surface area contributed by atoms with Gasteiger partial charge in [-0.05, 0) is 13.8 Å². The van der Waals surface area contributed by atoms with Gasteiger partial charge in [-0.2, -0.15) is 5.10 Å². The summed E-state index contributed by atoms with van der Waals surface area (Å²) in [7, 11) is 0. The molecule has 82 valence electrons. The number of aromatic nitrogens is 3. The lowest BCUT2D eigenvalue weighted by Crippen LogP contribution is -2.40. The Morgan fingerprint density at radius 2 is 2.27 bits per heavy atom. The number of amides is 2. The molecule has 0 aliphatic heterocycles. The summed E-state index contributed by atoms with van der Waals surface area (Å²) in [5.74, 6) is -0.600. The minimum Gasteiger partial charge on any atom is -0.352 e. The minimum absolute atomic E-state index is 0.0553. The van der Waals surface area contributed by atoms with Gasteiger partial charge >= 0.3 is 0 Å². The maximum atomic E-state index is 11.3. The van der Waals surface area contributed by atoms with Crippen LogP contribution in [0.1, 0.15) is 24.5 Å². The highest BCUT2D eigenvalue weighted by Gasteiger charge is 2.10. The molecule has 15 heavy (non-hydrogen) atoms. The third-order valence-corrected chi connectivity index (χ3v) is 1.49. The van der Waals surface area contributed by atoms with Gasteiger partial charge in [0.15, 0.2) is 0 Å². The van der Waals surface area contributed by atoms with Gasteiger partial charge in [-0.15, -0.1) is 0 Å². The lowest BCUT2D eigenvalue weighted by Gasteiger charge is -2.08. The van der Waals surface area contributed by atoms with Crippen LogP contribution in [0.4, 0.5) is 0 Å². The van der Waals surface area contributed by atoms with E-state index in [2.05, 4.69) is 25.8 Å². The molecule has 0 aromatic carbocycles. The molecule has 0 radical (unpaired) electrons. The van der Waals surface area contributed by atoms with Crippen LogP contribution in [0.15, 0.2) is 6.33 Å². The highest BCUT2D eigenvalue weighted by Crippen LogP contribution is 1.84. The first-order valence-corrected chi connectivity index (χ1v) is 4.52. The Balaban J connectivity index is 2.32. The number of H-pyrrole nitrogens is 1. The van der Waals surface area contributed by atoms with Crippen LogP contribution in [0, 0.1) is 0 Å². The van der Waals surface area contributed by atoms with Gasteiger partial charge in [-0.1, -0.05) is 0 Å². The van der Waals surface area contributed by atoms with E-state index in [4.69, 9.17) is 0 Å². The van der Waals surface area contributed by atoms with Crippen molar-refractivity contribution in [1.82, 2.24) is 25.8 Å². The summed E-state index contributed by atoms with van der Waals surface area (Å²) < 4.78 is 0. The minimum atomic E-state index is -0.452. The summed E-state index contributed by atoms with van der Waals surface area (Å²) in [5, 5.41) is 11.0. The van der Waals surface area contributed by atoms with Crippen LogP contribution in [0.2, 0.25) is 0 Å². The topological polar surface area (TPSA) is 99.8 Å². The maximum Gasteiger partial charge on any atom is 0.289 e. The van der Waals surface area contributed by atoms with Crippen molar-refractivity contribution in [2.24, 2.45) is 0 Å². The summed E-state index contributed by atoms with van der Waals surface area (Å²) in [6, 6.07) is 0.0553. The lowest BCUT2D eigenvalue weighted by atomic mass is 10.4. The van der Waals surface area contributed by atoms with E-state index in [0.29, 0.717) is 0 Å². The van der Waals surface area contributed by atoms with Crippen molar-refractivity contribution in [3.63, 3.8) is 0 Å². The fourth-order valence-electron chi connectivity index (χ4n) is 0.932. The number of nitrogens with zero attached hydrogens (tertiary/aromatic N) is 2. The summed E-state index contributed by atoms with van der Waals surface area (Å²) in [5.41, 5.74) is 0. The molecule has 7 heteroatoms. The molecule has 0 aliphatic rings. The van der Waals surface area contributed by atoms with Crippen LogP contribution in [0.5, 0.6) is 0 Å². The molecule has 1 aromatic heterocycles. The maximum absolute atomic E-state index is 11.3. The second kappa shape index (κ2) is 5.08. The zero-order valence-corrected chi connectivity index (χ0v) is 8.57. The molecule has 1 heterocycles. The van der Waals surface area contributed by atoms with Gasteiger partial charge in [0.05, 0.1) is 6.54 Å². The van der Waals surface area contributed by atoms with Crippen molar-refractivity contribution in [1.29, 1.82) is 0 Å². The first-order valence-electron chi connectivity index (χ1n) is 4.52. The van der Waals surface area contributed by atoms with Crippen molar-refractivity contribution in [2.75, 3.05) is 6.54 Å². The third kappa shape index (κ3) is 3.75. The van der Waals surface area contributed by atoms with Crippen LogP contribution in [-0.4, -0.2) is 39.6 Å². The zero-order chi connectivity index (χ0) is 11.3. The number of hydrogen-bond donors (Lipinski definition) is 3. The monoisotopic (exact) mass is 211 g/mol. The Morgan fingerprint density at radius 1 is 1.53 bits per heavy atom. The largest absolute Gasteiger partial charge is 0.352 e. The van der Waals surface area contributed by atoms with Gasteiger partial charge in [0.25, 0.3) is 5.91 Å². The molecule has 1 aromatic rings. The van der Waals surface area contributed by atoms with Crippen molar-refractivity contribution < 1.29 is 9.59 Å². The van der Waals surface area contributed by atoms with E-state index in [-0.39, 0.29) is 24.3 Å². The number of aromatic amines is 1. The fraction of sp³-hybridized carbons (Fsp3) is 0.500. The van der Waals surface area contributed by atoms with E-state index in [1.165, 1.54) is 6.33 Å². The fourth-order valence-corrected chi connectivity index (χ4v) is 0.932. The predicted octanol–water partition coefficient (Wildman–Crippen LogP) is -0.941. The Labute approximate surface area is 86.7 Å². The van der Waals surface area contributed by atoms with Gasteiger partial charge < -0.3 is 10.6 Å². The Bertz CT molecular complexity index is 333. The molecule has 3 N–H and O–H groups in total. The highest BCUT2D eigenvalue weighted by molar-refractivity contribution is 5.93. The van der Waals surface area contributed by atoms with E-state index in [9.17, 15) is 9.59 Å². The molecule has 0 fully saturated rings. The van der Waals surface area contributed by atoms with Gasteiger partial charge in [0.1, 0.15) is 6.33 Å². The molecular formula is C8H13N5O2. The first-order chi connectivity index (χ1) is 7.09. The summed E-state index contributed by atoms with van der Waals surface area (Å²) in [6.07, 6.45) is 1.23. The third-order valence-electron chi connectivity index (χ3n) is 1.49. The molecule has 0 unspecified atom stereocenters. The quantitative estimate of drug-likeness (QED) is 0.598. The average Bonchev–Trinajstić information content (AvgIpc) is 2.65. The van der Waals surface area contributed by atoms with Crippen molar-refractivity contribution in [3.8, 4) is 0 Å². The van der Waals surface area contributed by atoms with E-state index in [0.717, 1.165) is 0 Å². The number of rotatable bonds is 4. The van der Waals surface area contributed by atoms with E-state index < -0.39 is 5.91 Å². The van der Waals surface area contributed by atoms with Gasteiger partial charge in [-0.25, -0.2) is 4.98 Å². The number of carbonyl (C=O) groups is 2. The van der Waals surface area contributed by atoms with Gasteiger partial charge in [0, 0.05) is 6.04 Å². The van der Waals surface area contributed by atoms with Crippen LogP contribution < -0.4 is 10.6 Å². The van der Waals surface area contributed by atoms with Crippen molar-refractivity contribution in [3.05, 3.63) is 12.2 Å². The predicted molar refractivity (Wildman–Crippen MR) is 52.0 cm³/mol. The first kappa shape index (κ1) is 11.2. The molecule has 0 atom stereocenters. The normalized spacial score (nSPS) is 10.1. The standard InChI is InChI=1S/C8H13N5O2/c1-5(2)12-6(14)3-9-8(15)7-10-4-11-13-7/h4-5H,3H2,1-2H3,(H,9,15)(H,12,14)(H,10,11,13). The molecule has 2 amide bonds. The summed E-state index contributed by atoms with van der Waals surface area (Å²) in [4.78, 5) is 26.1. The SMILES string of the molecule is CC(C)NC(=O)CNC(=O)c1ncn[nH]1. The molecule has 0 saturated heterocycles.